The fourth-order valence-electron chi connectivity index (χ4n) is 3.73. The Morgan fingerprint density at radius 2 is 1.83 bits per heavy atom. The number of rotatable bonds is 3. The third kappa shape index (κ3) is 2.65. The van der Waals surface area contributed by atoms with Crippen molar-refractivity contribution >= 4 is 11.9 Å². The van der Waals surface area contributed by atoms with Gasteiger partial charge in [-0.05, 0) is 36.6 Å². The summed E-state index contributed by atoms with van der Waals surface area (Å²) in [6.07, 6.45) is 9.56. The Morgan fingerprint density at radius 3 is 2.61 bits per heavy atom. The van der Waals surface area contributed by atoms with Gasteiger partial charge in [-0.2, -0.15) is 0 Å². The maximum Gasteiger partial charge on any atom is 0.225 e. The highest BCUT2D eigenvalue weighted by molar-refractivity contribution is 5.78. The Hall–Kier alpha value is -2.50. The molecule has 2 fully saturated rings. The third-order valence-electron chi connectivity index (χ3n) is 4.80. The van der Waals surface area contributed by atoms with Crippen molar-refractivity contribution in [3.8, 4) is 0 Å². The van der Waals surface area contributed by atoms with Gasteiger partial charge in [-0.15, -0.1) is 0 Å². The molecule has 0 aromatic carbocycles. The number of aromatic nitrogens is 3. The lowest BCUT2D eigenvalue weighted by molar-refractivity contribution is -0.137. The van der Waals surface area contributed by atoms with Gasteiger partial charge >= 0.3 is 0 Å². The average molecular weight is 309 g/mol. The van der Waals surface area contributed by atoms with Crippen molar-refractivity contribution < 1.29 is 4.79 Å². The van der Waals surface area contributed by atoms with Crippen LogP contribution >= 0.6 is 0 Å². The Morgan fingerprint density at radius 1 is 1.04 bits per heavy atom. The summed E-state index contributed by atoms with van der Waals surface area (Å²) in [5.41, 5.74) is 1.13. The molecule has 6 heteroatoms. The summed E-state index contributed by atoms with van der Waals surface area (Å²) < 4.78 is 0. The molecule has 4 rings (SSSR count). The highest BCUT2D eigenvalue weighted by atomic mass is 16.2. The second kappa shape index (κ2) is 5.95. The standard InChI is InChI=1S/C17H19N5O/c23-16-3-2-14-15(22(16)12-13-4-9-18-10-5-13)6-11-21(14)17-19-7-1-8-20-17/h1,4-5,7-10,14-15H,2-3,6,11-12H2/t14-,15-/m1/s1. The molecule has 0 aliphatic carbocycles. The van der Waals surface area contributed by atoms with Crippen LogP contribution in [-0.4, -0.2) is 44.4 Å². The average Bonchev–Trinajstić information content (AvgIpc) is 3.03. The first kappa shape index (κ1) is 14.1. The molecule has 23 heavy (non-hydrogen) atoms. The zero-order valence-corrected chi connectivity index (χ0v) is 12.9. The van der Waals surface area contributed by atoms with Crippen molar-refractivity contribution in [3.63, 3.8) is 0 Å². The molecule has 6 nitrogen and oxygen atoms in total. The van der Waals surface area contributed by atoms with Crippen LogP contribution in [0.2, 0.25) is 0 Å². The number of hydrogen-bond donors (Lipinski definition) is 0. The SMILES string of the molecule is O=C1CC[C@@H]2[C@@H](CCN2c2ncccn2)N1Cc1ccncc1. The van der Waals surface area contributed by atoms with Gasteiger partial charge in [-0.25, -0.2) is 9.97 Å². The number of hydrogen-bond acceptors (Lipinski definition) is 5. The first-order chi connectivity index (χ1) is 11.3. The minimum Gasteiger partial charge on any atom is -0.336 e. The van der Waals surface area contributed by atoms with E-state index >= 15 is 0 Å². The summed E-state index contributed by atoms with van der Waals surface area (Å²) in [4.78, 5) is 29.6. The molecule has 4 heterocycles. The molecule has 0 unspecified atom stereocenters. The van der Waals surface area contributed by atoms with Gasteiger partial charge < -0.3 is 9.80 Å². The van der Waals surface area contributed by atoms with Crippen LogP contribution in [0, 0.1) is 0 Å². The molecular formula is C17H19N5O. The van der Waals surface area contributed by atoms with E-state index in [0.717, 1.165) is 30.9 Å². The van der Waals surface area contributed by atoms with Gasteiger partial charge in [0, 0.05) is 44.3 Å². The monoisotopic (exact) mass is 309 g/mol. The fraction of sp³-hybridized carbons (Fsp3) is 0.412. The van der Waals surface area contributed by atoms with E-state index in [0.29, 0.717) is 19.0 Å². The summed E-state index contributed by atoms with van der Waals surface area (Å²) >= 11 is 0. The fourth-order valence-corrected chi connectivity index (χ4v) is 3.73. The largest absolute Gasteiger partial charge is 0.336 e. The minimum atomic E-state index is 0.244. The molecule has 118 valence electrons. The van der Waals surface area contributed by atoms with Crippen molar-refractivity contribution in [3.05, 3.63) is 48.5 Å². The van der Waals surface area contributed by atoms with Crippen molar-refractivity contribution in [2.24, 2.45) is 0 Å². The van der Waals surface area contributed by atoms with Gasteiger partial charge in [0.25, 0.3) is 0 Å². The van der Waals surface area contributed by atoms with Gasteiger partial charge in [0.1, 0.15) is 0 Å². The maximum absolute atomic E-state index is 12.4. The molecule has 2 aliphatic rings. The number of amides is 1. The van der Waals surface area contributed by atoms with E-state index in [1.807, 2.05) is 23.1 Å². The normalized spacial score (nSPS) is 23.9. The van der Waals surface area contributed by atoms with Crippen molar-refractivity contribution in [2.75, 3.05) is 11.4 Å². The van der Waals surface area contributed by atoms with Gasteiger partial charge in [0.2, 0.25) is 11.9 Å². The highest BCUT2D eigenvalue weighted by Gasteiger charge is 2.43. The summed E-state index contributed by atoms with van der Waals surface area (Å²) in [7, 11) is 0. The third-order valence-corrected chi connectivity index (χ3v) is 4.80. The first-order valence-electron chi connectivity index (χ1n) is 8.05. The van der Waals surface area contributed by atoms with E-state index < -0.39 is 0 Å². The second-order valence-electron chi connectivity index (χ2n) is 6.08. The number of anilines is 1. The molecular weight excluding hydrogens is 290 g/mol. The van der Waals surface area contributed by atoms with Crippen molar-refractivity contribution in [1.82, 2.24) is 19.9 Å². The Labute approximate surface area is 135 Å². The number of carbonyl (C=O) groups excluding carboxylic acids is 1. The zero-order chi connectivity index (χ0) is 15.6. The smallest absolute Gasteiger partial charge is 0.225 e. The van der Waals surface area contributed by atoms with Gasteiger partial charge in [0.05, 0.1) is 12.1 Å². The van der Waals surface area contributed by atoms with Crippen LogP contribution in [0.25, 0.3) is 0 Å². The molecule has 0 spiro atoms. The van der Waals surface area contributed by atoms with Crippen molar-refractivity contribution in [2.45, 2.75) is 37.9 Å². The summed E-state index contributed by atoms with van der Waals surface area (Å²) in [6.45, 7) is 1.56. The molecule has 1 amide bonds. The number of likely N-dealkylation sites (tertiary alicyclic amines) is 1. The molecule has 0 bridgehead atoms. The van der Waals surface area contributed by atoms with E-state index in [4.69, 9.17) is 0 Å². The lowest BCUT2D eigenvalue weighted by Gasteiger charge is -2.39. The number of carbonyl (C=O) groups is 1. The van der Waals surface area contributed by atoms with Crippen LogP contribution < -0.4 is 4.90 Å². The molecule has 2 saturated heterocycles. The van der Waals surface area contributed by atoms with Gasteiger partial charge in [-0.3, -0.25) is 9.78 Å². The summed E-state index contributed by atoms with van der Waals surface area (Å²) in [5.74, 6) is 1.03. The molecule has 0 saturated carbocycles. The van der Waals surface area contributed by atoms with E-state index in [1.165, 1.54) is 0 Å². The van der Waals surface area contributed by atoms with Crippen LogP contribution in [-0.2, 0) is 11.3 Å². The lowest BCUT2D eigenvalue weighted by Crippen LogP contribution is -2.52. The van der Waals surface area contributed by atoms with Crippen LogP contribution in [0.1, 0.15) is 24.8 Å². The van der Waals surface area contributed by atoms with Gasteiger partial charge in [-0.1, -0.05) is 0 Å². The van der Waals surface area contributed by atoms with Crippen molar-refractivity contribution in [1.29, 1.82) is 0 Å². The lowest BCUT2D eigenvalue weighted by atomic mass is 9.95. The molecule has 2 aromatic rings. The van der Waals surface area contributed by atoms with E-state index in [2.05, 4.69) is 19.9 Å². The molecule has 2 aromatic heterocycles. The Bertz CT molecular complexity index is 678. The Balaban J connectivity index is 1.56. The van der Waals surface area contributed by atoms with Gasteiger partial charge in [0.15, 0.2) is 0 Å². The highest BCUT2D eigenvalue weighted by Crippen LogP contribution is 2.34. The number of fused-ring (bicyclic) bond motifs is 1. The number of piperidine rings is 1. The number of pyridine rings is 1. The molecule has 0 N–H and O–H groups in total. The van der Waals surface area contributed by atoms with Crippen LogP contribution in [0.3, 0.4) is 0 Å². The summed E-state index contributed by atoms with van der Waals surface area (Å²) in [5, 5.41) is 0. The number of nitrogens with zero attached hydrogens (tertiary/aromatic N) is 5. The molecule has 2 aliphatic heterocycles. The molecule has 2 atom stereocenters. The van der Waals surface area contributed by atoms with E-state index in [-0.39, 0.29) is 11.9 Å². The Kier molecular flexibility index (Phi) is 3.65. The zero-order valence-electron chi connectivity index (χ0n) is 12.9. The van der Waals surface area contributed by atoms with Crippen LogP contribution in [0.15, 0.2) is 43.0 Å². The minimum absolute atomic E-state index is 0.244. The first-order valence-corrected chi connectivity index (χ1v) is 8.05. The second-order valence-corrected chi connectivity index (χ2v) is 6.08. The molecule has 0 radical (unpaired) electrons. The van der Waals surface area contributed by atoms with E-state index in [1.54, 1.807) is 24.8 Å². The quantitative estimate of drug-likeness (QED) is 0.862. The predicted octanol–water partition coefficient (Wildman–Crippen LogP) is 1.64. The van der Waals surface area contributed by atoms with Crippen LogP contribution in [0.5, 0.6) is 0 Å². The summed E-state index contributed by atoms with van der Waals surface area (Å²) in [6, 6.07) is 6.34. The topological polar surface area (TPSA) is 62.2 Å². The van der Waals surface area contributed by atoms with E-state index in [9.17, 15) is 4.79 Å². The predicted molar refractivity (Wildman–Crippen MR) is 85.6 cm³/mol. The maximum atomic E-state index is 12.4. The van der Waals surface area contributed by atoms with Crippen LogP contribution in [0.4, 0.5) is 5.95 Å².